The van der Waals surface area contributed by atoms with Crippen molar-refractivity contribution in [3.8, 4) is 0 Å². The number of hydrogen-bond donors (Lipinski definition) is 1. The summed E-state index contributed by atoms with van der Waals surface area (Å²) in [5, 5.41) is 0. The van der Waals surface area contributed by atoms with Gasteiger partial charge in [-0.25, -0.2) is 4.79 Å². The molecule has 1 aromatic carbocycles. The summed E-state index contributed by atoms with van der Waals surface area (Å²) in [6, 6.07) is 8.87. The van der Waals surface area contributed by atoms with Crippen molar-refractivity contribution in [2.75, 3.05) is 0 Å². The molecule has 1 atom stereocenters. The van der Waals surface area contributed by atoms with E-state index in [1.807, 2.05) is 6.92 Å². The van der Waals surface area contributed by atoms with Crippen LogP contribution >= 0.6 is 0 Å². The molecule has 2 aliphatic rings. The summed E-state index contributed by atoms with van der Waals surface area (Å²) < 4.78 is 5.57. The van der Waals surface area contributed by atoms with E-state index in [4.69, 9.17) is 10.5 Å². The molecular weight excluding hydrogens is 322 g/mol. The maximum atomic E-state index is 11.5. The third-order valence-corrected chi connectivity index (χ3v) is 5.70. The van der Waals surface area contributed by atoms with Gasteiger partial charge in [0.15, 0.2) is 0 Å². The van der Waals surface area contributed by atoms with E-state index >= 15 is 0 Å². The Bertz CT molecular complexity index is 809. The second kappa shape index (κ2) is 6.46. The molecule has 0 aromatic heterocycles. The van der Waals surface area contributed by atoms with Crippen molar-refractivity contribution in [3.05, 3.63) is 64.8 Å². The Hall–Kier alpha value is -2.29. The van der Waals surface area contributed by atoms with Crippen LogP contribution in [-0.4, -0.2) is 11.7 Å². The molecule has 138 valence electrons. The van der Waals surface area contributed by atoms with Crippen molar-refractivity contribution in [1.29, 1.82) is 0 Å². The summed E-state index contributed by atoms with van der Waals surface area (Å²) in [5.41, 5.74) is 10.4. The molecule has 26 heavy (non-hydrogen) atoms. The predicted octanol–water partition coefficient (Wildman–Crippen LogP) is 5.42. The molecule has 0 saturated heterocycles. The molecule has 1 aromatic rings. The molecular formula is C23H29NO2. The van der Waals surface area contributed by atoms with Crippen LogP contribution < -0.4 is 5.73 Å². The first-order chi connectivity index (χ1) is 12.1. The first-order valence-corrected chi connectivity index (χ1v) is 9.34. The minimum absolute atomic E-state index is 0.309. The number of fused-ring (bicyclic) bond motifs is 1. The highest BCUT2D eigenvalue weighted by atomic mass is 16.6. The van der Waals surface area contributed by atoms with Crippen LogP contribution in [0.25, 0.3) is 5.57 Å². The Labute approximate surface area is 156 Å². The second-order valence-electron chi connectivity index (χ2n) is 8.56. The minimum Gasteiger partial charge on any atom is -0.438 e. The van der Waals surface area contributed by atoms with Crippen LogP contribution in [0.3, 0.4) is 0 Å². The maximum Gasteiger partial charge on any atom is 0.405 e. The molecule has 0 radical (unpaired) electrons. The number of amides is 1. The molecule has 2 N–H and O–H groups in total. The Kier molecular flexibility index (Phi) is 4.60. The first-order valence-electron chi connectivity index (χ1n) is 9.34. The van der Waals surface area contributed by atoms with Crippen LogP contribution in [0.15, 0.2) is 53.6 Å². The van der Waals surface area contributed by atoms with E-state index in [-0.39, 0.29) is 5.41 Å². The third kappa shape index (κ3) is 3.23. The highest BCUT2D eigenvalue weighted by molar-refractivity contribution is 5.77. The number of hydrogen-bond acceptors (Lipinski definition) is 2. The molecule has 0 spiro atoms. The number of allylic oxidation sites excluding steroid dienone is 3. The van der Waals surface area contributed by atoms with Gasteiger partial charge in [-0.2, -0.15) is 0 Å². The Balaban J connectivity index is 1.88. The van der Waals surface area contributed by atoms with Crippen molar-refractivity contribution < 1.29 is 9.53 Å². The van der Waals surface area contributed by atoms with Gasteiger partial charge in [-0.05, 0) is 53.5 Å². The lowest BCUT2D eigenvalue weighted by Gasteiger charge is -2.38. The molecule has 0 bridgehead atoms. The smallest absolute Gasteiger partial charge is 0.405 e. The number of rotatable bonds is 4. The zero-order valence-electron chi connectivity index (χ0n) is 16.4. The highest BCUT2D eigenvalue weighted by Crippen LogP contribution is 2.52. The van der Waals surface area contributed by atoms with E-state index < -0.39 is 11.7 Å². The normalized spacial score (nSPS) is 23.8. The highest BCUT2D eigenvalue weighted by Gasteiger charge is 2.51. The zero-order valence-corrected chi connectivity index (χ0v) is 16.4. The van der Waals surface area contributed by atoms with Gasteiger partial charge >= 0.3 is 6.09 Å². The van der Waals surface area contributed by atoms with Crippen molar-refractivity contribution in [2.45, 2.75) is 53.1 Å². The van der Waals surface area contributed by atoms with Gasteiger partial charge in [0.05, 0.1) is 0 Å². The minimum atomic E-state index is -0.730. The van der Waals surface area contributed by atoms with E-state index in [1.54, 1.807) is 0 Å². The van der Waals surface area contributed by atoms with E-state index in [0.717, 1.165) is 24.0 Å². The van der Waals surface area contributed by atoms with Crippen LogP contribution in [0.2, 0.25) is 0 Å². The van der Waals surface area contributed by atoms with Crippen molar-refractivity contribution in [3.63, 3.8) is 0 Å². The van der Waals surface area contributed by atoms with E-state index in [9.17, 15) is 4.79 Å². The van der Waals surface area contributed by atoms with Gasteiger partial charge in [-0.1, -0.05) is 70.2 Å². The van der Waals surface area contributed by atoms with E-state index in [1.165, 1.54) is 16.7 Å². The van der Waals surface area contributed by atoms with Crippen molar-refractivity contribution in [2.24, 2.45) is 17.1 Å². The van der Waals surface area contributed by atoms with Gasteiger partial charge in [0.25, 0.3) is 0 Å². The molecule has 0 fully saturated rings. The Morgan fingerprint density at radius 1 is 1.19 bits per heavy atom. The number of carbonyl (C=O) groups excluding carboxylic acids is 1. The molecule has 0 heterocycles. The lowest BCUT2D eigenvalue weighted by atomic mass is 9.75. The molecule has 0 saturated carbocycles. The van der Waals surface area contributed by atoms with Crippen LogP contribution in [0.4, 0.5) is 4.79 Å². The third-order valence-electron chi connectivity index (χ3n) is 5.70. The fourth-order valence-electron chi connectivity index (χ4n) is 4.03. The molecule has 0 unspecified atom stereocenters. The van der Waals surface area contributed by atoms with Crippen molar-refractivity contribution >= 4 is 11.7 Å². The largest absolute Gasteiger partial charge is 0.438 e. The molecule has 0 aliphatic heterocycles. The van der Waals surface area contributed by atoms with Gasteiger partial charge in [0, 0.05) is 5.41 Å². The van der Waals surface area contributed by atoms with Crippen LogP contribution in [0, 0.1) is 11.3 Å². The Morgan fingerprint density at radius 2 is 1.85 bits per heavy atom. The average molecular weight is 351 g/mol. The summed E-state index contributed by atoms with van der Waals surface area (Å²) >= 11 is 0. The SMILES string of the molecule is CC(C)Cc1ccc(C2=CC3=CC(C)(C)[C@@](C)(OC(N)=O)C3=CC2)cc1. The summed E-state index contributed by atoms with van der Waals surface area (Å²) in [7, 11) is 0. The summed E-state index contributed by atoms with van der Waals surface area (Å²) in [5.74, 6) is 0.661. The van der Waals surface area contributed by atoms with Gasteiger partial charge in [0.1, 0.15) is 5.60 Å². The van der Waals surface area contributed by atoms with Gasteiger partial charge in [-0.15, -0.1) is 0 Å². The van der Waals surface area contributed by atoms with Gasteiger partial charge < -0.3 is 10.5 Å². The number of carbonyl (C=O) groups is 1. The second-order valence-corrected chi connectivity index (χ2v) is 8.56. The standard InChI is InChI=1S/C23H29NO2/c1-15(2)12-16-6-8-17(9-7-16)18-10-11-20-19(13-18)14-22(3,4)23(20,5)26-21(24)25/h6-9,11,13-15H,10,12H2,1-5H3,(H2,24,25)/t23-/m0/s1. The number of ether oxygens (including phenoxy) is 1. The summed E-state index contributed by atoms with van der Waals surface area (Å²) in [6.45, 7) is 10.6. The van der Waals surface area contributed by atoms with Crippen LogP contribution in [0.5, 0.6) is 0 Å². The fraction of sp³-hybridized carbons (Fsp3) is 0.435. The summed E-state index contributed by atoms with van der Waals surface area (Å²) in [4.78, 5) is 11.5. The summed E-state index contributed by atoms with van der Waals surface area (Å²) in [6.07, 6.45) is 7.79. The van der Waals surface area contributed by atoms with Crippen molar-refractivity contribution in [1.82, 2.24) is 0 Å². The number of benzene rings is 1. The van der Waals surface area contributed by atoms with E-state index in [0.29, 0.717) is 5.92 Å². The molecule has 3 rings (SSSR count). The first kappa shape index (κ1) is 18.5. The molecule has 2 aliphatic carbocycles. The average Bonchev–Trinajstić information content (AvgIpc) is 2.72. The van der Waals surface area contributed by atoms with Gasteiger partial charge in [-0.3, -0.25) is 0 Å². The molecule has 3 nitrogen and oxygen atoms in total. The lowest BCUT2D eigenvalue weighted by Crippen LogP contribution is -2.44. The predicted molar refractivity (Wildman–Crippen MR) is 107 cm³/mol. The quantitative estimate of drug-likeness (QED) is 0.787. The lowest BCUT2D eigenvalue weighted by molar-refractivity contribution is 0.00172. The van der Waals surface area contributed by atoms with Gasteiger partial charge in [0.2, 0.25) is 0 Å². The monoisotopic (exact) mass is 351 g/mol. The molecule has 3 heteroatoms. The topological polar surface area (TPSA) is 52.3 Å². The fourth-order valence-corrected chi connectivity index (χ4v) is 4.03. The Morgan fingerprint density at radius 3 is 2.42 bits per heavy atom. The number of primary amides is 1. The molecule has 1 amide bonds. The van der Waals surface area contributed by atoms with E-state index in [2.05, 4.69) is 70.2 Å². The number of nitrogens with two attached hydrogens (primary N) is 1. The zero-order chi connectivity index (χ0) is 19.1. The van der Waals surface area contributed by atoms with Crippen LogP contribution in [0.1, 0.15) is 52.2 Å². The van der Waals surface area contributed by atoms with Crippen LogP contribution in [-0.2, 0) is 11.2 Å². The maximum absolute atomic E-state index is 11.5.